The molecule has 0 heterocycles. The first-order valence-corrected chi connectivity index (χ1v) is 14.6. The lowest BCUT2D eigenvalue weighted by atomic mass is 9.44. The number of Topliss-reactive ketones (excluding diaryl/α,β-unsaturated/α-hetero) is 1. The topological polar surface area (TPSA) is 43.4 Å². The molecule has 0 aliphatic heterocycles. The number of hydrogen-bond donors (Lipinski definition) is 0. The zero-order valence-electron chi connectivity index (χ0n) is 21.9. The van der Waals surface area contributed by atoms with Gasteiger partial charge in [0, 0.05) is 19.8 Å². The van der Waals surface area contributed by atoms with Crippen LogP contribution in [-0.2, 0) is 14.3 Å². The van der Waals surface area contributed by atoms with Crippen LogP contribution < -0.4 is 0 Å². The maximum atomic E-state index is 13.8. The van der Waals surface area contributed by atoms with Gasteiger partial charge in [0.2, 0.25) is 0 Å². The van der Waals surface area contributed by atoms with E-state index in [4.69, 9.17) is 4.74 Å². The van der Waals surface area contributed by atoms with Gasteiger partial charge in [0.15, 0.2) is 5.78 Å². The Morgan fingerprint density at radius 2 is 1.79 bits per heavy atom. The molecule has 4 saturated carbocycles. The van der Waals surface area contributed by atoms with Crippen molar-refractivity contribution in [2.24, 2.45) is 46.3 Å². The van der Waals surface area contributed by atoms with Crippen molar-refractivity contribution in [2.75, 3.05) is 0 Å². The number of alkyl halides is 1. The second kappa shape index (κ2) is 9.25. The van der Waals surface area contributed by atoms with Gasteiger partial charge in [0.05, 0.1) is 4.32 Å². The van der Waals surface area contributed by atoms with Crippen molar-refractivity contribution in [1.82, 2.24) is 0 Å². The summed E-state index contributed by atoms with van der Waals surface area (Å²) in [6.07, 6.45) is 12.4. The molecular formula is C29H47BrO3. The summed E-state index contributed by atoms with van der Waals surface area (Å²) >= 11 is 4.01. The molecule has 0 N–H and O–H groups in total. The molecule has 0 aromatic rings. The summed E-state index contributed by atoms with van der Waals surface area (Å²) in [7, 11) is 0. The number of esters is 1. The number of halogens is 1. The maximum absolute atomic E-state index is 13.8. The van der Waals surface area contributed by atoms with Gasteiger partial charge in [-0.1, -0.05) is 69.8 Å². The first-order valence-electron chi connectivity index (χ1n) is 13.8. The summed E-state index contributed by atoms with van der Waals surface area (Å²) in [5.74, 6) is 4.38. The van der Waals surface area contributed by atoms with Gasteiger partial charge in [-0.05, 0) is 84.9 Å². The van der Waals surface area contributed by atoms with Crippen molar-refractivity contribution in [3.05, 3.63) is 0 Å². The number of hydrogen-bond acceptors (Lipinski definition) is 3. The fourth-order valence-corrected chi connectivity index (χ4v) is 10.3. The highest BCUT2D eigenvalue weighted by Gasteiger charge is 2.67. The molecule has 0 saturated heterocycles. The Hall–Kier alpha value is -0.380. The molecule has 4 aliphatic rings. The summed E-state index contributed by atoms with van der Waals surface area (Å²) < 4.78 is 5.05. The first-order chi connectivity index (χ1) is 15.4. The Morgan fingerprint density at radius 1 is 1.06 bits per heavy atom. The lowest BCUT2D eigenvalue weighted by molar-refractivity contribution is -0.163. The second-order valence-electron chi connectivity index (χ2n) is 13.2. The van der Waals surface area contributed by atoms with E-state index < -0.39 is 4.32 Å². The van der Waals surface area contributed by atoms with Gasteiger partial charge in [0.25, 0.3) is 0 Å². The smallest absolute Gasteiger partial charge is 0.302 e. The lowest BCUT2D eigenvalue weighted by Crippen LogP contribution is -2.64. The molecule has 0 radical (unpaired) electrons. The van der Waals surface area contributed by atoms with Gasteiger partial charge >= 0.3 is 5.97 Å². The maximum Gasteiger partial charge on any atom is 0.302 e. The molecule has 3 nitrogen and oxygen atoms in total. The van der Waals surface area contributed by atoms with Crippen LogP contribution in [0.5, 0.6) is 0 Å². The summed E-state index contributed by atoms with van der Waals surface area (Å²) in [5, 5.41) is 0. The SMILES string of the molecule is CC(=O)OC1CC[C@]2(C)[C@H]3CC[C@]4(C)[C@@H]([C@H](C)CCCC(C)C)CC[C@H]4[C@@H]3CC(=O)C2(Br)C1. The minimum atomic E-state index is -0.532. The molecule has 4 rings (SSSR count). The van der Waals surface area contributed by atoms with E-state index in [2.05, 4.69) is 50.5 Å². The molecule has 4 fully saturated rings. The first kappa shape index (κ1) is 25.7. The van der Waals surface area contributed by atoms with Crippen LogP contribution in [0.2, 0.25) is 0 Å². The highest BCUT2D eigenvalue weighted by molar-refractivity contribution is 9.10. The van der Waals surface area contributed by atoms with E-state index in [0.717, 1.165) is 30.6 Å². The molecule has 0 aromatic heterocycles. The molecule has 33 heavy (non-hydrogen) atoms. The zero-order chi connectivity index (χ0) is 24.2. The van der Waals surface area contributed by atoms with Crippen molar-refractivity contribution in [3.8, 4) is 0 Å². The molecule has 0 spiro atoms. The van der Waals surface area contributed by atoms with E-state index in [1.54, 1.807) is 0 Å². The average molecular weight is 524 g/mol. The predicted molar refractivity (Wildman–Crippen MR) is 137 cm³/mol. The van der Waals surface area contributed by atoms with Gasteiger partial charge < -0.3 is 4.74 Å². The molecule has 188 valence electrons. The standard InChI is InChI=1S/C29H47BrO3/c1-18(2)8-7-9-19(3)23-10-11-24-22-16-26(32)29(30)17-21(33-20(4)31)12-15-28(29,6)25(22)13-14-27(23,24)5/h18-19,21-25H,7-17H2,1-6H3/t19-,21?,22+,23-,24+,25+,27-,28-,29?/m1/s1. The largest absolute Gasteiger partial charge is 0.462 e. The van der Waals surface area contributed by atoms with E-state index in [0.29, 0.717) is 41.8 Å². The summed E-state index contributed by atoms with van der Waals surface area (Å²) in [6.45, 7) is 13.6. The van der Waals surface area contributed by atoms with E-state index in [1.165, 1.54) is 51.9 Å². The van der Waals surface area contributed by atoms with Crippen LogP contribution in [0.15, 0.2) is 0 Å². The fraction of sp³-hybridized carbons (Fsp3) is 0.931. The summed E-state index contributed by atoms with van der Waals surface area (Å²) in [5.41, 5.74) is 0.363. The normalized spacial score (nSPS) is 45.8. The average Bonchev–Trinajstić information content (AvgIpc) is 3.07. The number of ketones is 1. The Bertz CT molecular complexity index is 764. The van der Waals surface area contributed by atoms with Crippen molar-refractivity contribution >= 4 is 27.7 Å². The molecular weight excluding hydrogens is 476 g/mol. The molecule has 2 unspecified atom stereocenters. The van der Waals surface area contributed by atoms with Crippen molar-refractivity contribution in [3.63, 3.8) is 0 Å². The van der Waals surface area contributed by atoms with Gasteiger partial charge in [0.1, 0.15) is 6.10 Å². The lowest BCUT2D eigenvalue weighted by Gasteiger charge is -2.63. The summed E-state index contributed by atoms with van der Waals surface area (Å²) in [4.78, 5) is 25.4. The van der Waals surface area contributed by atoms with Crippen LogP contribution in [0, 0.1) is 46.3 Å². The highest BCUT2D eigenvalue weighted by atomic mass is 79.9. The van der Waals surface area contributed by atoms with E-state index in [1.807, 2.05) is 0 Å². The minimum Gasteiger partial charge on any atom is -0.462 e. The number of ether oxygens (including phenoxy) is 1. The van der Waals surface area contributed by atoms with Gasteiger partial charge in [-0.2, -0.15) is 0 Å². The second-order valence-corrected chi connectivity index (χ2v) is 14.6. The van der Waals surface area contributed by atoms with E-state index >= 15 is 0 Å². The van der Waals surface area contributed by atoms with Crippen molar-refractivity contribution in [1.29, 1.82) is 0 Å². The minimum absolute atomic E-state index is 0.0358. The molecule has 4 heteroatoms. The third-order valence-corrected chi connectivity index (χ3v) is 12.7. The van der Waals surface area contributed by atoms with Crippen molar-refractivity contribution in [2.45, 2.75) is 123 Å². The third kappa shape index (κ3) is 4.27. The molecule has 0 aromatic carbocycles. The number of rotatable bonds is 6. The van der Waals surface area contributed by atoms with E-state index in [-0.39, 0.29) is 17.5 Å². The molecule has 4 aliphatic carbocycles. The van der Waals surface area contributed by atoms with Crippen LogP contribution in [0.3, 0.4) is 0 Å². The monoisotopic (exact) mass is 522 g/mol. The van der Waals surface area contributed by atoms with Gasteiger partial charge in [-0.15, -0.1) is 0 Å². The molecule has 0 amide bonds. The fourth-order valence-electron chi connectivity index (χ4n) is 9.32. The Kier molecular flexibility index (Phi) is 7.20. The Morgan fingerprint density at radius 3 is 2.45 bits per heavy atom. The van der Waals surface area contributed by atoms with Crippen LogP contribution in [0.1, 0.15) is 112 Å². The van der Waals surface area contributed by atoms with Crippen molar-refractivity contribution < 1.29 is 14.3 Å². The predicted octanol–water partition coefficient (Wildman–Crippen LogP) is 7.74. The van der Waals surface area contributed by atoms with Crippen LogP contribution >= 0.6 is 15.9 Å². The Balaban J connectivity index is 1.52. The summed E-state index contributed by atoms with van der Waals surface area (Å²) in [6, 6.07) is 0. The third-order valence-electron chi connectivity index (χ3n) is 11.1. The van der Waals surface area contributed by atoms with Crippen LogP contribution in [-0.4, -0.2) is 22.2 Å². The molecule has 0 bridgehead atoms. The number of fused-ring (bicyclic) bond motifs is 5. The van der Waals surface area contributed by atoms with Gasteiger partial charge in [-0.25, -0.2) is 0 Å². The van der Waals surface area contributed by atoms with E-state index in [9.17, 15) is 9.59 Å². The van der Waals surface area contributed by atoms with Crippen LogP contribution in [0.25, 0.3) is 0 Å². The van der Waals surface area contributed by atoms with Crippen LogP contribution in [0.4, 0.5) is 0 Å². The number of carbonyl (C=O) groups excluding carboxylic acids is 2. The van der Waals surface area contributed by atoms with Gasteiger partial charge in [-0.3, -0.25) is 9.59 Å². The quantitative estimate of drug-likeness (QED) is 0.264. The number of carbonyl (C=O) groups is 2. The molecule has 9 atom stereocenters. The Labute approximate surface area is 210 Å². The highest BCUT2D eigenvalue weighted by Crippen LogP contribution is 2.70. The zero-order valence-corrected chi connectivity index (χ0v) is 23.5.